The molecule has 0 unspecified atom stereocenters. The Morgan fingerprint density at radius 1 is 1.09 bits per heavy atom. The van der Waals surface area contributed by atoms with Gasteiger partial charge in [0.2, 0.25) is 0 Å². The third kappa shape index (κ3) is 0.944. The van der Waals surface area contributed by atoms with Crippen LogP contribution in [0.25, 0.3) is 10.8 Å². The molecular weight excluding hydrogens is 134 g/mol. The van der Waals surface area contributed by atoms with E-state index in [1.165, 1.54) is 0 Å². The number of rotatable bonds is 1. The van der Waals surface area contributed by atoms with Crippen molar-refractivity contribution in [2.75, 3.05) is 5.72 Å². The first-order valence-corrected chi connectivity index (χ1v) is 2.97. The lowest BCUT2D eigenvalue weighted by molar-refractivity contribution is 1.73. The summed E-state index contributed by atoms with van der Waals surface area (Å²) in [5, 5.41) is -0.511. The van der Waals surface area contributed by atoms with E-state index in [1.54, 1.807) is 0 Å². The van der Waals surface area contributed by atoms with Gasteiger partial charge in [0.05, 0.1) is 9.60 Å². The second-order valence-electron chi connectivity index (χ2n) is 1.97. The molecule has 0 aliphatic carbocycles. The molecule has 0 aliphatic rings. The van der Waals surface area contributed by atoms with E-state index < -0.39 is 48.0 Å². The van der Waals surface area contributed by atoms with Crippen LogP contribution in [0.15, 0.2) is 42.3 Å². The summed E-state index contributed by atoms with van der Waals surface area (Å²) in [6, 6.07) is -3.84. The van der Waals surface area contributed by atoms with Crippen molar-refractivity contribution in [2.45, 2.75) is 0 Å². The van der Waals surface area contributed by atoms with E-state index in [9.17, 15) is 0 Å². The maximum absolute atomic E-state index is 7.81. The van der Waals surface area contributed by atoms with Crippen LogP contribution in [0.4, 0.5) is 5.69 Å². The van der Waals surface area contributed by atoms with Crippen molar-refractivity contribution in [2.24, 2.45) is 0 Å². The van der Waals surface area contributed by atoms with Crippen LogP contribution in [0.2, 0.25) is 2.82 Å². The van der Waals surface area contributed by atoms with E-state index in [4.69, 9.17) is 12.4 Å². The molecule has 0 amide bonds. The van der Waals surface area contributed by atoms with Gasteiger partial charge in [0.1, 0.15) is 0 Å². The molecule has 2 N–H and O–H groups in total. The van der Waals surface area contributed by atoms with Gasteiger partial charge in [-0.25, -0.2) is 0 Å². The predicted octanol–water partition coefficient (Wildman–Crippen LogP) is 2.42. The Hall–Kier alpha value is -1.50. The second kappa shape index (κ2) is 2.27. The third-order valence-corrected chi connectivity index (χ3v) is 1.29. The molecule has 1 heteroatoms. The molecule has 0 bridgehead atoms. The zero-order valence-corrected chi connectivity index (χ0v) is 5.45. The molecule has 11 heavy (non-hydrogen) atoms. The topological polar surface area (TPSA) is 26.0 Å². The number of nitrogens with two attached hydrogens (primary N) is 1. The number of anilines is 1. The SMILES string of the molecule is [2H]c1c([2H])c([2H])c2c(N([2H])[2H])c([2H])c([2H])c([2H])c2c1[2H]. The van der Waals surface area contributed by atoms with E-state index in [0.29, 0.717) is 0 Å². The molecule has 2 rings (SSSR count). The molecule has 0 fully saturated rings. The summed E-state index contributed by atoms with van der Waals surface area (Å²) in [5.74, 6) is 0. The van der Waals surface area contributed by atoms with Crippen molar-refractivity contribution in [3.05, 3.63) is 42.3 Å². The highest BCUT2D eigenvalue weighted by atomic mass is 14.5. The predicted molar refractivity (Wildman–Crippen MR) is 48.4 cm³/mol. The van der Waals surface area contributed by atoms with E-state index >= 15 is 0 Å². The monoisotopic (exact) mass is 152 g/mol. The minimum atomic E-state index is -0.586. The Bertz CT molecular complexity index is 717. The van der Waals surface area contributed by atoms with Crippen LogP contribution in [-0.2, 0) is 0 Å². The average Bonchev–Trinajstić information content (AvgIpc) is 2.39. The standard InChI is InChI=1S/C10H9N/c11-10-7-3-5-8-4-1-2-6-9(8)10/h1-7H,11H2/i1D,2D,3D,4D,5D,6D,7D/hD2. The maximum Gasteiger partial charge on any atom is 0.156 e. The summed E-state index contributed by atoms with van der Waals surface area (Å²) >= 11 is 0. The van der Waals surface area contributed by atoms with Crippen molar-refractivity contribution in [3.63, 3.8) is 0 Å². The summed E-state index contributed by atoms with van der Waals surface area (Å²) in [6.07, 6.45) is 0. The van der Waals surface area contributed by atoms with Crippen LogP contribution in [0.1, 0.15) is 9.60 Å². The molecular formula is C10H9N. The van der Waals surface area contributed by atoms with Gasteiger partial charge in [0, 0.05) is 11.1 Å². The average molecular weight is 152 g/mol. The number of fused-ring (bicyclic) bond motifs is 1. The number of hydrogen-bond donors (Lipinski definition) is 1. The lowest BCUT2D eigenvalue weighted by Crippen LogP contribution is -1.84. The van der Waals surface area contributed by atoms with Gasteiger partial charge in [0.15, 0.2) is 2.82 Å². The Balaban J connectivity index is 3.22. The molecule has 0 spiro atoms. The molecule has 0 heterocycles. The van der Waals surface area contributed by atoms with Crippen LogP contribution in [0.3, 0.4) is 0 Å². The van der Waals surface area contributed by atoms with Gasteiger partial charge in [0.25, 0.3) is 0 Å². The molecule has 0 aliphatic heterocycles. The Morgan fingerprint density at radius 2 is 1.91 bits per heavy atom. The molecule has 2 aromatic rings. The highest BCUT2D eigenvalue weighted by Crippen LogP contribution is 2.19. The van der Waals surface area contributed by atoms with Gasteiger partial charge in [-0.2, -0.15) is 0 Å². The van der Waals surface area contributed by atoms with Gasteiger partial charge in [-0.15, -0.1) is 0 Å². The van der Waals surface area contributed by atoms with Crippen LogP contribution in [-0.4, -0.2) is 0 Å². The fourth-order valence-electron chi connectivity index (χ4n) is 0.799. The van der Waals surface area contributed by atoms with Crippen LogP contribution >= 0.6 is 0 Å². The van der Waals surface area contributed by atoms with Crippen molar-refractivity contribution in [1.29, 1.82) is 0 Å². The van der Waals surface area contributed by atoms with E-state index in [0.717, 1.165) is 0 Å². The van der Waals surface area contributed by atoms with E-state index in [1.807, 2.05) is 0 Å². The lowest BCUT2D eigenvalue weighted by atomic mass is 10.1. The van der Waals surface area contributed by atoms with Gasteiger partial charge in [-0.1, -0.05) is 36.3 Å². The summed E-state index contributed by atoms with van der Waals surface area (Å²) in [7, 11) is 0. The number of hydrogen-bond acceptors (Lipinski definition) is 1. The minimum absolute atomic E-state index is 0.0304. The largest absolute Gasteiger partial charge is 0.398 e. The fraction of sp³-hybridized carbons (Fsp3) is 0. The van der Waals surface area contributed by atoms with Crippen LogP contribution < -0.4 is 5.72 Å². The second-order valence-corrected chi connectivity index (χ2v) is 1.97. The molecule has 0 atom stereocenters. The third-order valence-electron chi connectivity index (χ3n) is 1.29. The molecule has 0 saturated heterocycles. The molecule has 0 aromatic heterocycles. The van der Waals surface area contributed by atoms with Crippen LogP contribution in [0.5, 0.6) is 0 Å². The molecule has 2 aromatic carbocycles. The number of nitrogen functional groups attached to an aromatic ring is 1. The Kier molecular flexibility index (Phi) is 0.373. The highest BCUT2D eigenvalue weighted by Gasteiger charge is 1.92. The smallest absolute Gasteiger partial charge is 0.156 e. The molecule has 0 radical (unpaired) electrons. The first-order valence-electron chi connectivity index (χ1n) is 7.37. The zero-order valence-electron chi connectivity index (χ0n) is 14.4. The summed E-state index contributed by atoms with van der Waals surface area (Å²) in [5.41, 5.74) is -0.407. The van der Waals surface area contributed by atoms with Crippen LogP contribution in [0, 0.1) is 0 Å². The first kappa shape index (κ1) is 1.81. The molecule has 1 nitrogen and oxygen atoms in total. The van der Waals surface area contributed by atoms with Gasteiger partial charge >= 0.3 is 0 Å². The summed E-state index contributed by atoms with van der Waals surface area (Å²) < 4.78 is 68.4. The van der Waals surface area contributed by atoms with Gasteiger partial charge in [-0.3, -0.25) is 0 Å². The molecule has 0 saturated carbocycles. The molecule has 54 valence electrons. The van der Waals surface area contributed by atoms with Crippen molar-refractivity contribution in [3.8, 4) is 0 Å². The lowest BCUT2D eigenvalue weighted by Gasteiger charge is -1.98. The summed E-state index contributed by atoms with van der Waals surface area (Å²) in [4.78, 5) is 0. The number of benzene rings is 2. The maximum atomic E-state index is 7.81. The van der Waals surface area contributed by atoms with Crippen molar-refractivity contribution >= 4 is 16.5 Å². The Morgan fingerprint density at radius 3 is 2.82 bits per heavy atom. The normalized spacial score (nSPS) is 21.3. The van der Waals surface area contributed by atoms with E-state index in [-0.39, 0.29) is 16.5 Å². The van der Waals surface area contributed by atoms with Crippen molar-refractivity contribution < 1.29 is 12.4 Å². The highest BCUT2D eigenvalue weighted by molar-refractivity contribution is 5.92. The Labute approximate surface area is 78.2 Å². The minimum Gasteiger partial charge on any atom is -0.398 e. The zero-order chi connectivity index (χ0) is 15.4. The van der Waals surface area contributed by atoms with Gasteiger partial charge < -0.3 is 5.72 Å². The summed E-state index contributed by atoms with van der Waals surface area (Å²) in [6.45, 7) is 0. The quantitative estimate of drug-likeness (QED) is 0.624. The van der Waals surface area contributed by atoms with Crippen molar-refractivity contribution in [1.82, 2.24) is 0 Å². The fourth-order valence-corrected chi connectivity index (χ4v) is 0.799. The first-order chi connectivity index (χ1) is 9.20. The van der Waals surface area contributed by atoms with Gasteiger partial charge in [-0.05, 0) is 11.4 Å². The van der Waals surface area contributed by atoms with E-state index in [2.05, 4.69) is 0 Å².